The molecule has 5 rings (SSSR count). The lowest BCUT2D eigenvalue weighted by atomic mass is 10.1. The summed E-state index contributed by atoms with van der Waals surface area (Å²) in [4.78, 5) is 12.7. The van der Waals surface area contributed by atoms with E-state index < -0.39 is 16.0 Å². The van der Waals surface area contributed by atoms with Gasteiger partial charge in [-0.05, 0) is 55.3 Å². The molecular weight excluding hydrogens is 454 g/mol. The lowest BCUT2D eigenvalue weighted by Gasteiger charge is -2.24. The topological polar surface area (TPSA) is 103 Å². The Balaban J connectivity index is 1.32. The van der Waals surface area contributed by atoms with Gasteiger partial charge in [-0.2, -0.15) is 0 Å². The lowest BCUT2D eigenvalue weighted by molar-refractivity contribution is 0.0438. The summed E-state index contributed by atoms with van der Waals surface area (Å²) in [5.41, 5.74) is 2.50. The molecule has 0 saturated carbocycles. The van der Waals surface area contributed by atoms with Gasteiger partial charge in [0, 0.05) is 11.6 Å². The fourth-order valence-electron chi connectivity index (χ4n) is 4.02. The number of hydrogen-bond acceptors (Lipinski definition) is 7. The molecule has 0 radical (unpaired) electrons. The molecule has 3 aromatic carbocycles. The highest BCUT2D eigenvalue weighted by Gasteiger charge is 2.36. The van der Waals surface area contributed by atoms with Gasteiger partial charge in [0.15, 0.2) is 6.61 Å². The molecule has 172 valence electrons. The third-order valence-electron chi connectivity index (χ3n) is 5.59. The van der Waals surface area contributed by atoms with Gasteiger partial charge < -0.3 is 9.15 Å². The van der Waals surface area contributed by atoms with Crippen LogP contribution in [0.3, 0.4) is 0 Å². The van der Waals surface area contributed by atoms with E-state index in [-0.39, 0.29) is 29.0 Å². The van der Waals surface area contributed by atoms with Crippen molar-refractivity contribution in [2.45, 2.75) is 30.9 Å². The van der Waals surface area contributed by atoms with E-state index in [2.05, 4.69) is 10.2 Å². The fourth-order valence-corrected chi connectivity index (χ4v) is 5.76. The highest BCUT2D eigenvalue weighted by molar-refractivity contribution is 7.92. The summed E-state index contributed by atoms with van der Waals surface area (Å²) in [6.45, 7) is 1.63. The molecule has 0 aliphatic carbocycles. The van der Waals surface area contributed by atoms with Crippen molar-refractivity contribution in [2.75, 3.05) is 4.31 Å². The SMILES string of the molecule is C[C@@H]1Cc2ccccc2N1S(=O)(=O)c1cccc(C(=O)OCc2nnc(-c3ccccc3)o2)c1. The summed E-state index contributed by atoms with van der Waals surface area (Å²) >= 11 is 0. The van der Waals surface area contributed by atoms with Crippen LogP contribution in [0, 0.1) is 0 Å². The third kappa shape index (κ3) is 4.06. The Labute approximate surface area is 196 Å². The first kappa shape index (κ1) is 21.8. The van der Waals surface area contributed by atoms with Gasteiger partial charge in [0.05, 0.1) is 16.1 Å². The largest absolute Gasteiger partial charge is 0.452 e. The second kappa shape index (κ2) is 8.75. The van der Waals surface area contributed by atoms with Crippen LogP contribution in [0.5, 0.6) is 0 Å². The first-order valence-electron chi connectivity index (χ1n) is 10.7. The predicted molar refractivity (Wildman–Crippen MR) is 125 cm³/mol. The van der Waals surface area contributed by atoms with Crippen molar-refractivity contribution in [2.24, 2.45) is 0 Å². The van der Waals surface area contributed by atoms with Crippen molar-refractivity contribution < 1.29 is 22.4 Å². The summed E-state index contributed by atoms with van der Waals surface area (Å²) in [6, 6.07) is 22.3. The van der Waals surface area contributed by atoms with E-state index in [1.165, 1.54) is 28.6 Å². The summed E-state index contributed by atoms with van der Waals surface area (Å²) in [7, 11) is -3.87. The standard InChI is InChI=1S/C25H21N3O5S/c1-17-14-19-10-5-6-13-22(19)28(17)34(30,31)21-12-7-11-20(15-21)25(29)32-16-23-26-27-24(33-23)18-8-3-2-4-9-18/h2-13,15,17H,14,16H2,1H3/t17-/m1/s1. The molecule has 1 aliphatic rings. The number of hydrogen-bond donors (Lipinski definition) is 0. The molecule has 4 aromatic rings. The van der Waals surface area contributed by atoms with Crippen LogP contribution in [0.25, 0.3) is 11.5 Å². The van der Waals surface area contributed by atoms with E-state index >= 15 is 0 Å². The van der Waals surface area contributed by atoms with Crippen molar-refractivity contribution in [3.8, 4) is 11.5 Å². The zero-order valence-electron chi connectivity index (χ0n) is 18.3. The van der Waals surface area contributed by atoms with Crippen LogP contribution in [0.1, 0.15) is 28.7 Å². The summed E-state index contributed by atoms with van der Waals surface area (Å²) in [6.07, 6.45) is 0.631. The number of anilines is 1. The number of carbonyl (C=O) groups is 1. The van der Waals surface area contributed by atoms with Gasteiger partial charge in [0.25, 0.3) is 15.9 Å². The minimum atomic E-state index is -3.87. The third-order valence-corrected chi connectivity index (χ3v) is 7.51. The zero-order valence-corrected chi connectivity index (χ0v) is 19.1. The van der Waals surface area contributed by atoms with Crippen molar-refractivity contribution in [3.05, 3.63) is 95.9 Å². The predicted octanol–water partition coefficient (Wildman–Crippen LogP) is 4.23. The number of rotatable bonds is 6. The number of ether oxygens (including phenoxy) is 1. The van der Waals surface area contributed by atoms with E-state index in [0.29, 0.717) is 18.0 Å². The molecule has 1 aromatic heterocycles. The Morgan fingerprint density at radius 1 is 1.03 bits per heavy atom. The molecule has 0 fully saturated rings. The van der Waals surface area contributed by atoms with E-state index in [0.717, 1.165) is 11.1 Å². The number of benzene rings is 3. The average molecular weight is 476 g/mol. The normalized spacial score (nSPS) is 15.2. The van der Waals surface area contributed by atoms with Crippen LogP contribution < -0.4 is 4.31 Å². The van der Waals surface area contributed by atoms with Crippen molar-refractivity contribution in [3.63, 3.8) is 0 Å². The zero-order chi connectivity index (χ0) is 23.7. The molecule has 9 heteroatoms. The monoisotopic (exact) mass is 475 g/mol. The van der Waals surface area contributed by atoms with E-state index in [4.69, 9.17) is 9.15 Å². The number of aromatic nitrogens is 2. The number of sulfonamides is 1. The van der Waals surface area contributed by atoms with E-state index in [1.807, 2.05) is 55.5 Å². The highest BCUT2D eigenvalue weighted by Crippen LogP contribution is 2.36. The van der Waals surface area contributed by atoms with Gasteiger partial charge in [-0.15, -0.1) is 10.2 Å². The molecule has 0 N–H and O–H groups in total. The molecule has 0 unspecified atom stereocenters. The molecule has 2 heterocycles. The van der Waals surface area contributed by atoms with Gasteiger partial charge in [0.2, 0.25) is 5.89 Å². The Hall–Kier alpha value is -3.98. The number of fused-ring (bicyclic) bond motifs is 1. The van der Waals surface area contributed by atoms with Crippen LogP contribution in [0.15, 0.2) is 88.2 Å². The minimum Gasteiger partial charge on any atom is -0.452 e. The van der Waals surface area contributed by atoms with Gasteiger partial charge >= 0.3 is 5.97 Å². The van der Waals surface area contributed by atoms with Crippen LogP contribution in [-0.2, 0) is 27.8 Å². The Bertz CT molecular complexity index is 1450. The minimum absolute atomic E-state index is 0.0228. The molecule has 0 amide bonds. The Kier molecular flexibility index (Phi) is 5.62. The summed E-state index contributed by atoms with van der Waals surface area (Å²) in [5.74, 6) is -0.232. The average Bonchev–Trinajstić information content (AvgIpc) is 3.47. The summed E-state index contributed by atoms with van der Waals surface area (Å²) < 4.78 is 39.1. The van der Waals surface area contributed by atoms with Crippen molar-refractivity contribution in [1.29, 1.82) is 0 Å². The molecular formula is C25H21N3O5S. The lowest BCUT2D eigenvalue weighted by Crippen LogP contribution is -2.35. The van der Waals surface area contributed by atoms with Gasteiger partial charge in [-0.3, -0.25) is 4.31 Å². The second-order valence-electron chi connectivity index (χ2n) is 7.95. The Morgan fingerprint density at radius 3 is 2.62 bits per heavy atom. The molecule has 0 spiro atoms. The smallest absolute Gasteiger partial charge is 0.338 e. The van der Waals surface area contributed by atoms with Gasteiger partial charge in [-0.1, -0.05) is 42.5 Å². The summed E-state index contributed by atoms with van der Waals surface area (Å²) in [5, 5.41) is 7.86. The maximum Gasteiger partial charge on any atom is 0.338 e. The number of esters is 1. The van der Waals surface area contributed by atoms with Gasteiger partial charge in [-0.25, -0.2) is 13.2 Å². The quantitative estimate of drug-likeness (QED) is 0.385. The fraction of sp³-hybridized carbons (Fsp3) is 0.160. The maximum absolute atomic E-state index is 13.4. The first-order valence-corrected chi connectivity index (χ1v) is 12.1. The van der Waals surface area contributed by atoms with Crippen LogP contribution >= 0.6 is 0 Å². The molecule has 8 nitrogen and oxygen atoms in total. The van der Waals surface area contributed by atoms with E-state index in [1.54, 1.807) is 6.07 Å². The first-order chi connectivity index (χ1) is 16.4. The number of para-hydroxylation sites is 1. The maximum atomic E-state index is 13.4. The van der Waals surface area contributed by atoms with Crippen LogP contribution in [-0.4, -0.2) is 30.6 Å². The van der Waals surface area contributed by atoms with Crippen LogP contribution in [0.2, 0.25) is 0 Å². The molecule has 34 heavy (non-hydrogen) atoms. The van der Waals surface area contributed by atoms with Crippen molar-refractivity contribution >= 4 is 21.7 Å². The van der Waals surface area contributed by atoms with Crippen molar-refractivity contribution in [1.82, 2.24) is 10.2 Å². The number of nitrogens with zero attached hydrogens (tertiary/aromatic N) is 3. The second-order valence-corrected chi connectivity index (χ2v) is 9.77. The Morgan fingerprint density at radius 2 is 1.79 bits per heavy atom. The molecule has 0 saturated heterocycles. The van der Waals surface area contributed by atoms with E-state index in [9.17, 15) is 13.2 Å². The number of carbonyl (C=O) groups excluding carboxylic acids is 1. The van der Waals surface area contributed by atoms with Crippen LogP contribution in [0.4, 0.5) is 5.69 Å². The molecule has 1 atom stereocenters. The highest BCUT2D eigenvalue weighted by atomic mass is 32.2. The molecule has 1 aliphatic heterocycles. The molecule has 0 bridgehead atoms. The van der Waals surface area contributed by atoms with Gasteiger partial charge in [0.1, 0.15) is 0 Å².